The van der Waals surface area contributed by atoms with E-state index in [1.54, 1.807) is 0 Å². The molecule has 3 heteroatoms. The molecular weight excluding hydrogens is 200 g/mol. The third kappa shape index (κ3) is 3.35. The molecule has 0 saturated carbocycles. The number of nitrogens with two attached hydrogens (primary N) is 1. The Balaban J connectivity index is 2.66. The zero-order valence-electron chi connectivity index (χ0n) is 10.2. The summed E-state index contributed by atoms with van der Waals surface area (Å²) in [6.45, 7) is 6.41. The van der Waals surface area contributed by atoms with Crippen LogP contribution in [0.4, 0.5) is 5.69 Å². The zero-order valence-corrected chi connectivity index (χ0v) is 10.2. The predicted octanol–water partition coefficient (Wildman–Crippen LogP) is 2.16. The molecule has 1 rings (SSSR count). The number of amides is 1. The molecule has 0 aliphatic rings. The number of aryl methyl sites for hydroxylation is 1. The Morgan fingerprint density at radius 1 is 1.31 bits per heavy atom. The van der Waals surface area contributed by atoms with Gasteiger partial charge in [-0.15, -0.1) is 0 Å². The molecule has 88 valence electrons. The topological polar surface area (TPSA) is 55.1 Å². The van der Waals surface area contributed by atoms with Gasteiger partial charge in [-0.2, -0.15) is 0 Å². The molecule has 1 aromatic carbocycles. The zero-order chi connectivity index (χ0) is 12.1. The van der Waals surface area contributed by atoms with E-state index in [1.807, 2.05) is 45.0 Å². The van der Waals surface area contributed by atoms with E-state index in [-0.39, 0.29) is 17.7 Å². The Kier molecular flexibility index (Phi) is 4.50. The molecule has 0 spiro atoms. The highest BCUT2D eigenvalue weighted by Crippen LogP contribution is 2.14. The summed E-state index contributed by atoms with van der Waals surface area (Å²) in [6, 6.07) is 7.76. The number of benzene rings is 1. The van der Waals surface area contributed by atoms with Gasteiger partial charge in [0.15, 0.2) is 0 Å². The molecule has 0 radical (unpaired) electrons. The van der Waals surface area contributed by atoms with E-state index in [0.717, 1.165) is 5.69 Å². The normalized spacial score (nSPS) is 12.6. The Hall–Kier alpha value is -1.35. The van der Waals surface area contributed by atoms with Crippen LogP contribution in [0.5, 0.6) is 0 Å². The lowest BCUT2D eigenvalue weighted by atomic mass is 9.95. The molecule has 1 atom stereocenters. The van der Waals surface area contributed by atoms with Crippen molar-refractivity contribution in [2.45, 2.75) is 20.8 Å². The maximum Gasteiger partial charge on any atom is 0.229 e. The lowest BCUT2D eigenvalue weighted by Gasteiger charge is -2.18. The van der Waals surface area contributed by atoms with Crippen molar-refractivity contribution in [3.05, 3.63) is 29.8 Å². The van der Waals surface area contributed by atoms with E-state index < -0.39 is 0 Å². The second-order valence-electron chi connectivity index (χ2n) is 4.44. The monoisotopic (exact) mass is 220 g/mol. The number of rotatable bonds is 4. The summed E-state index contributed by atoms with van der Waals surface area (Å²) in [5, 5.41) is 2.88. The van der Waals surface area contributed by atoms with Crippen LogP contribution in [0.15, 0.2) is 24.3 Å². The molecular formula is C13H20N2O. The van der Waals surface area contributed by atoms with Gasteiger partial charge < -0.3 is 11.1 Å². The van der Waals surface area contributed by atoms with Crippen LogP contribution in [0.3, 0.4) is 0 Å². The Morgan fingerprint density at radius 2 is 1.88 bits per heavy atom. The third-order valence-corrected chi connectivity index (χ3v) is 2.71. The van der Waals surface area contributed by atoms with Crippen LogP contribution < -0.4 is 11.1 Å². The van der Waals surface area contributed by atoms with Gasteiger partial charge in [-0.3, -0.25) is 4.79 Å². The Bertz CT molecular complexity index is 343. The second kappa shape index (κ2) is 5.66. The maximum atomic E-state index is 11.9. The fraction of sp³-hybridized carbons (Fsp3) is 0.462. The van der Waals surface area contributed by atoms with Crippen molar-refractivity contribution >= 4 is 11.6 Å². The smallest absolute Gasteiger partial charge is 0.229 e. The van der Waals surface area contributed by atoms with E-state index in [4.69, 9.17) is 5.73 Å². The Morgan fingerprint density at radius 3 is 2.31 bits per heavy atom. The molecule has 0 aliphatic carbocycles. The van der Waals surface area contributed by atoms with Gasteiger partial charge in [-0.1, -0.05) is 31.5 Å². The van der Waals surface area contributed by atoms with Crippen molar-refractivity contribution in [2.75, 3.05) is 11.9 Å². The van der Waals surface area contributed by atoms with E-state index in [0.29, 0.717) is 6.54 Å². The molecule has 3 N–H and O–H groups in total. The van der Waals surface area contributed by atoms with E-state index in [2.05, 4.69) is 5.32 Å². The highest BCUT2D eigenvalue weighted by atomic mass is 16.1. The number of hydrogen-bond acceptors (Lipinski definition) is 2. The molecule has 0 heterocycles. The number of carbonyl (C=O) groups is 1. The van der Waals surface area contributed by atoms with Crippen LogP contribution in [-0.2, 0) is 4.79 Å². The van der Waals surface area contributed by atoms with Crippen LogP contribution in [0.2, 0.25) is 0 Å². The Labute approximate surface area is 97.0 Å². The fourth-order valence-corrected chi connectivity index (χ4v) is 1.55. The van der Waals surface area contributed by atoms with Crippen LogP contribution in [-0.4, -0.2) is 12.5 Å². The van der Waals surface area contributed by atoms with Gasteiger partial charge in [-0.05, 0) is 25.0 Å². The van der Waals surface area contributed by atoms with Crippen molar-refractivity contribution in [1.29, 1.82) is 0 Å². The molecule has 0 saturated heterocycles. The summed E-state index contributed by atoms with van der Waals surface area (Å²) in [5.74, 6) is 0.137. The summed E-state index contributed by atoms with van der Waals surface area (Å²) >= 11 is 0. The molecule has 0 bridgehead atoms. The van der Waals surface area contributed by atoms with Gasteiger partial charge in [0.25, 0.3) is 0 Å². The molecule has 0 aliphatic heterocycles. The second-order valence-corrected chi connectivity index (χ2v) is 4.44. The molecule has 0 fully saturated rings. The van der Waals surface area contributed by atoms with Crippen LogP contribution in [0.1, 0.15) is 19.4 Å². The van der Waals surface area contributed by atoms with Gasteiger partial charge in [0.1, 0.15) is 0 Å². The summed E-state index contributed by atoms with van der Waals surface area (Å²) in [6.07, 6.45) is 0. The lowest BCUT2D eigenvalue weighted by Crippen LogP contribution is -2.33. The largest absolute Gasteiger partial charge is 0.330 e. The highest BCUT2D eigenvalue weighted by Gasteiger charge is 2.20. The standard InChI is InChI=1S/C13H20N2O/c1-9(2)12(8-14)13(16)15-11-6-4-10(3)5-7-11/h4-7,9,12H,8,14H2,1-3H3,(H,15,16). The molecule has 3 nitrogen and oxygen atoms in total. The summed E-state index contributed by atoms with van der Waals surface area (Å²) < 4.78 is 0. The van der Waals surface area contributed by atoms with E-state index in [1.165, 1.54) is 5.56 Å². The van der Waals surface area contributed by atoms with Crippen molar-refractivity contribution in [3.8, 4) is 0 Å². The minimum Gasteiger partial charge on any atom is -0.330 e. The predicted molar refractivity (Wildman–Crippen MR) is 67.2 cm³/mol. The first-order chi connectivity index (χ1) is 7.54. The van der Waals surface area contributed by atoms with Crippen LogP contribution in [0, 0.1) is 18.8 Å². The first-order valence-corrected chi connectivity index (χ1v) is 5.62. The van der Waals surface area contributed by atoms with E-state index in [9.17, 15) is 4.79 Å². The maximum absolute atomic E-state index is 11.9. The SMILES string of the molecule is Cc1ccc(NC(=O)C(CN)C(C)C)cc1. The minimum atomic E-state index is -0.124. The summed E-state index contributed by atoms with van der Waals surface area (Å²) in [5.41, 5.74) is 7.60. The van der Waals surface area contributed by atoms with Gasteiger partial charge in [-0.25, -0.2) is 0 Å². The van der Waals surface area contributed by atoms with Crippen molar-refractivity contribution in [2.24, 2.45) is 17.6 Å². The lowest BCUT2D eigenvalue weighted by molar-refractivity contribution is -0.120. The number of carbonyl (C=O) groups excluding carboxylic acids is 1. The van der Waals surface area contributed by atoms with Gasteiger partial charge in [0.2, 0.25) is 5.91 Å². The highest BCUT2D eigenvalue weighted by molar-refractivity contribution is 5.92. The average molecular weight is 220 g/mol. The molecule has 0 aromatic heterocycles. The minimum absolute atomic E-state index is 0.00125. The van der Waals surface area contributed by atoms with Crippen molar-refractivity contribution in [3.63, 3.8) is 0 Å². The van der Waals surface area contributed by atoms with Gasteiger partial charge >= 0.3 is 0 Å². The number of nitrogens with one attached hydrogen (secondary N) is 1. The number of anilines is 1. The van der Waals surface area contributed by atoms with Crippen LogP contribution >= 0.6 is 0 Å². The van der Waals surface area contributed by atoms with E-state index >= 15 is 0 Å². The van der Waals surface area contributed by atoms with Gasteiger partial charge in [0.05, 0.1) is 5.92 Å². The first kappa shape index (κ1) is 12.7. The number of hydrogen-bond donors (Lipinski definition) is 2. The molecule has 1 amide bonds. The summed E-state index contributed by atoms with van der Waals surface area (Å²) in [4.78, 5) is 11.9. The molecule has 1 aromatic rings. The van der Waals surface area contributed by atoms with Crippen LogP contribution in [0.25, 0.3) is 0 Å². The van der Waals surface area contributed by atoms with Crippen molar-refractivity contribution in [1.82, 2.24) is 0 Å². The first-order valence-electron chi connectivity index (χ1n) is 5.62. The third-order valence-electron chi connectivity index (χ3n) is 2.71. The van der Waals surface area contributed by atoms with Crippen molar-refractivity contribution < 1.29 is 4.79 Å². The quantitative estimate of drug-likeness (QED) is 0.817. The van der Waals surface area contributed by atoms with Gasteiger partial charge in [0, 0.05) is 12.2 Å². The molecule has 1 unspecified atom stereocenters. The summed E-state index contributed by atoms with van der Waals surface area (Å²) in [7, 11) is 0. The average Bonchev–Trinajstić information content (AvgIpc) is 2.22. The molecule has 16 heavy (non-hydrogen) atoms. The fourth-order valence-electron chi connectivity index (χ4n) is 1.55.